The SMILES string of the molecule is Cn1c(CN2CCCCC2)nnc1[C@@H]1CCCN(c2ncnc3nc[nH]c23)C1. The van der Waals surface area contributed by atoms with Gasteiger partial charge in [0.15, 0.2) is 11.5 Å². The van der Waals surface area contributed by atoms with Gasteiger partial charge in [0.25, 0.3) is 0 Å². The molecule has 148 valence electrons. The first-order valence-corrected chi connectivity index (χ1v) is 10.3. The van der Waals surface area contributed by atoms with Gasteiger partial charge in [0.1, 0.15) is 23.5 Å². The van der Waals surface area contributed by atoms with E-state index in [0.29, 0.717) is 5.92 Å². The Labute approximate surface area is 164 Å². The molecule has 9 nitrogen and oxygen atoms in total. The van der Waals surface area contributed by atoms with Crippen LogP contribution in [0.15, 0.2) is 12.7 Å². The van der Waals surface area contributed by atoms with Gasteiger partial charge < -0.3 is 14.5 Å². The Morgan fingerprint density at radius 3 is 2.82 bits per heavy atom. The van der Waals surface area contributed by atoms with E-state index in [-0.39, 0.29) is 0 Å². The first-order valence-electron chi connectivity index (χ1n) is 10.3. The van der Waals surface area contributed by atoms with E-state index in [1.807, 2.05) is 0 Å². The number of anilines is 1. The van der Waals surface area contributed by atoms with Gasteiger partial charge in [-0.1, -0.05) is 6.42 Å². The minimum absolute atomic E-state index is 0.356. The molecule has 1 atom stereocenters. The second-order valence-electron chi connectivity index (χ2n) is 7.95. The fraction of sp³-hybridized carbons (Fsp3) is 0.632. The molecule has 0 spiro atoms. The number of H-pyrrole nitrogens is 1. The molecule has 2 saturated heterocycles. The molecule has 28 heavy (non-hydrogen) atoms. The van der Waals surface area contributed by atoms with Gasteiger partial charge in [0.05, 0.1) is 12.9 Å². The quantitative estimate of drug-likeness (QED) is 0.737. The number of aromatic nitrogens is 7. The maximum atomic E-state index is 4.59. The smallest absolute Gasteiger partial charge is 0.182 e. The molecule has 0 unspecified atom stereocenters. The molecule has 2 aliphatic rings. The molecule has 0 saturated carbocycles. The van der Waals surface area contributed by atoms with E-state index in [1.54, 1.807) is 12.7 Å². The molecular formula is C19H27N9. The zero-order valence-corrected chi connectivity index (χ0v) is 16.4. The van der Waals surface area contributed by atoms with Gasteiger partial charge in [-0.05, 0) is 38.8 Å². The molecule has 0 radical (unpaired) electrons. The molecule has 0 amide bonds. The summed E-state index contributed by atoms with van der Waals surface area (Å²) in [5.74, 6) is 3.45. The highest BCUT2D eigenvalue weighted by atomic mass is 15.3. The summed E-state index contributed by atoms with van der Waals surface area (Å²) in [6, 6.07) is 0. The highest BCUT2D eigenvalue weighted by molar-refractivity contribution is 5.82. The van der Waals surface area contributed by atoms with Crippen LogP contribution in [0.25, 0.3) is 11.2 Å². The highest BCUT2D eigenvalue weighted by Crippen LogP contribution is 2.30. The molecule has 0 aromatic carbocycles. The standard InChI is InChI=1S/C19H27N9/c1-26-15(11-27-7-3-2-4-8-27)24-25-18(26)14-6-5-9-28(10-14)19-16-17(21-12-20-16)22-13-23-19/h12-14H,2-11H2,1H3,(H,20,21,22,23)/t14-/m1/s1. The van der Waals surface area contributed by atoms with Crippen molar-refractivity contribution in [2.45, 2.75) is 44.6 Å². The number of fused-ring (bicyclic) bond motifs is 1. The lowest BCUT2D eigenvalue weighted by Crippen LogP contribution is -2.36. The number of hydrogen-bond acceptors (Lipinski definition) is 7. The predicted molar refractivity (Wildman–Crippen MR) is 106 cm³/mol. The predicted octanol–water partition coefficient (Wildman–Crippen LogP) is 1.85. The van der Waals surface area contributed by atoms with Crippen LogP contribution in [0.2, 0.25) is 0 Å². The molecule has 1 N–H and O–H groups in total. The first-order chi connectivity index (χ1) is 13.8. The van der Waals surface area contributed by atoms with E-state index in [9.17, 15) is 0 Å². The third kappa shape index (κ3) is 3.23. The largest absolute Gasteiger partial charge is 0.354 e. The van der Waals surface area contributed by atoms with Gasteiger partial charge >= 0.3 is 0 Å². The fourth-order valence-corrected chi connectivity index (χ4v) is 4.56. The topological polar surface area (TPSA) is 91.7 Å². The van der Waals surface area contributed by atoms with Crippen molar-refractivity contribution in [3.63, 3.8) is 0 Å². The summed E-state index contributed by atoms with van der Waals surface area (Å²) in [7, 11) is 2.12. The van der Waals surface area contributed by atoms with Crippen LogP contribution in [0.5, 0.6) is 0 Å². The van der Waals surface area contributed by atoms with Crippen molar-refractivity contribution in [1.82, 2.24) is 39.6 Å². The Hall–Kier alpha value is -2.55. The summed E-state index contributed by atoms with van der Waals surface area (Å²) in [4.78, 5) is 21.0. The van der Waals surface area contributed by atoms with E-state index in [2.05, 4.69) is 51.5 Å². The van der Waals surface area contributed by atoms with E-state index in [4.69, 9.17) is 0 Å². The second kappa shape index (κ2) is 7.46. The number of imidazole rings is 1. The summed E-state index contributed by atoms with van der Waals surface area (Å²) in [5.41, 5.74) is 1.63. The van der Waals surface area contributed by atoms with Crippen LogP contribution in [0, 0.1) is 0 Å². The molecular weight excluding hydrogens is 354 g/mol. The lowest BCUT2D eigenvalue weighted by molar-refractivity contribution is 0.213. The van der Waals surface area contributed by atoms with Gasteiger partial charge in [0.2, 0.25) is 0 Å². The molecule has 9 heteroatoms. The maximum Gasteiger partial charge on any atom is 0.182 e. The third-order valence-corrected chi connectivity index (χ3v) is 6.10. The molecule has 0 bridgehead atoms. The Morgan fingerprint density at radius 1 is 1.04 bits per heavy atom. The number of rotatable bonds is 4. The van der Waals surface area contributed by atoms with Crippen molar-refractivity contribution in [3.8, 4) is 0 Å². The van der Waals surface area contributed by atoms with Crippen molar-refractivity contribution in [2.24, 2.45) is 7.05 Å². The molecule has 2 aliphatic heterocycles. The monoisotopic (exact) mass is 381 g/mol. The normalized spacial score (nSPS) is 21.5. The molecule has 5 heterocycles. The number of nitrogens with one attached hydrogen (secondary N) is 1. The van der Waals surface area contributed by atoms with Gasteiger partial charge in [-0.25, -0.2) is 15.0 Å². The van der Waals surface area contributed by atoms with E-state index in [0.717, 1.165) is 61.1 Å². The molecule has 3 aromatic rings. The van der Waals surface area contributed by atoms with Crippen LogP contribution in [0.4, 0.5) is 5.82 Å². The van der Waals surface area contributed by atoms with Gasteiger partial charge in [-0.2, -0.15) is 0 Å². The number of nitrogens with zero attached hydrogens (tertiary/aromatic N) is 8. The number of piperidine rings is 2. The number of hydrogen-bond donors (Lipinski definition) is 1. The average molecular weight is 381 g/mol. The van der Waals surface area contributed by atoms with Crippen LogP contribution in [0.3, 0.4) is 0 Å². The lowest BCUT2D eigenvalue weighted by Gasteiger charge is -2.33. The average Bonchev–Trinajstić information content (AvgIpc) is 3.36. The Bertz CT molecular complexity index is 940. The number of likely N-dealkylation sites (tertiary alicyclic amines) is 1. The molecule has 3 aromatic heterocycles. The lowest BCUT2D eigenvalue weighted by atomic mass is 9.97. The van der Waals surface area contributed by atoms with E-state index >= 15 is 0 Å². The summed E-state index contributed by atoms with van der Waals surface area (Å²) in [5, 5.41) is 9.13. The van der Waals surface area contributed by atoms with Crippen LogP contribution in [0.1, 0.15) is 49.7 Å². The van der Waals surface area contributed by atoms with E-state index in [1.165, 1.54) is 32.4 Å². The molecule has 5 rings (SSSR count). The number of aromatic amines is 1. The van der Waals surface area contributed by atoms with Gasteiger partial charge in [-0.15, -0.1) is 10.2 Å². The van der Waals surface area contributed by atoms with Crippen molar-refractivity contribution in [1.29, 1.82) is 0 Å². The van der Waals surface area contributed by atoms with Crippen LogP contribution >= 0.6 is 0 Å². The summed E-state index contributed by atoms with van der Waals surface area (Å²) in [6.45, 7) is 5.13. The van der Waals surface area contributed by atoms with Crippen LogP contribution in [-0.4, -0.2) is 65.8 Å². The minimum atomic E-state index is 0.356. The summed E-state index contributed by atoms with van der Waals surface area (Å²) < 4.78 is 2.22. The highest BCUT2D eigenvalue weighted by Gasteiger charge is 2.28. The van der Waals surface area contributed by atoms with Gasteiger partial charge in [-0.3, -0.25) is 4.90 Å². The fourth-order valence-electron chi connectivity index (χ4n) is 4.56. The second-order valence-corrected chi connectivity index (χ2v) is 7.95. The van der Waals surface area contributed by atoms with E-state index < -0.39 is 0 Å². The minimum Gasteiger partial charge on any atom is -0.354 e. The third-order valence-electron chi connectivity index (χ3n) is 6.10. The Balaban J connectivity index is 1.34. The van der Waals surface area contributed by atoms with Crippen molar-refractivity contribution < 1.29 is 0 Å². The molecule has 2 fully saturated rings. The van der Waals surface area contributed by atoms with Crippen molar-refractivity contribution in [2.75, 3.05) is 31.1 Å². The van der Waals surface area contributed by atoms with Crippen LogP contribution in [-0.2, 0) is 13.6 Å². The Kier molecular flexibility index (Phi) is 4.67. The maximum absolute atomic E-state index is 4.59. The van der Waals surface area contributed by atoms with Crippen molar-refractivity contribution >= 4 is 17.0 Å². The molecule has 0 aliphatic carbocycles. The van der Waals surface area contributed by atoms with Crippen LogP contribution < -0.4 is 4.90 Å². The summed E-state index contributed by atoms with van der Waals surface area (Å²) in [6.07, 6.45) is 9.46. The zero-order valence-electron chi connectivity index (χ0n) is 16.4. The summed E-state index contributed by atoms with van der Waals surface area (Å²) >= 11 is 0. The first kappa shape index (κ1) is 17.5. The Morgan fingerprint density at radius 2 is 1.93 bits per heavy atom. The van der Waals surface area contributed by atoms with Crippen molar-refractivity contribution in [3.05, 3.63) is 24.3 Å². The van der Waals surface area contributed by atoms with Gasteiger partial charge in [0, 0.05) is 26.1 Å². The zero-order chi connectivity index (χ0) is 18.9.